The van der Waals surface area contributed by atoms with E-state index in [1.165, 1.54) is 12.8 Å². The number of hydrogen-bond acceptors (Lipinski definition) is 5. The number of rotatable bonds is 6. The maximum Gasteiger partial charge on any atom is 0.242 e. The first-order chi connectivity index (χ1) is 13.7. The minimum absolute atomic E-state index is 0.0141. The van der Waals surface area contributed by atoms with Crippen LogP contribution in [0, 0.1) is 5.92 Å². The summed E-state index contributed by atoms with van der Waals surface area (Å²) in [6.07, 6.45) is 4.60. The zero-order valence-corrected chi connectivity index (χ0v) is 18.7. The van der Waals surface area contributed by atoms with Crippen molar-refractivity contribution in [1.29, 1.82) is 0 Å². The Kier molecular flexibility index (Phi) is 7.02. The van der Waals surface area contributed by atoms with Crippen LogP contribution < -0.4 is 5.32 Å². The van der Waals surface area contributed by atoms with Crippen LogP contribution in [0.15, 0.2) is 30.3 Å². The van der Waals surface area contributed by atoms with E-state index in [0.29, 0.717) is 25.6 Å². The van der Waals surface area contributed by atoms with Crippen molar-refractivity contribution >= 4 is 15.7 Å². The normalized spacial score (nSPS) is 28.8. The Morgan fingerprint density at radius 3 is 2.48 bits per heavy atom. The Labute approximate surface area is 175 Å². The van der Waals surface area contributed by atoms with Crippen LogP contribution in [0.25, 0.3) is 0 Å². The van der Waals surface area contributed by atoms with Gasteiger partial charge in [-0.15, -0.1) is 0 Å². The van der Waals surface area contributed by atoms with Crippen LogP contribution in [0.5, 0.6) is 0 Å². The topological polar surface area (TPSA) is 69.7 Å². The lowest BCUT2D eigenvalue weighted by Crippen LogP contribution is -2.56. The van der Waals surface area contributed by atoms with Gasteiger partial charge in [0.2, 0.25) is 5.91 Å². The summed E-state index contributed by atoms with van der Waals surface area (Å²) in [5.74, 6) is 0.848. The summed E-state index contributed by atoms with van der Waals surface area (Å²) in [6, 6.07) is 9.26. The summed E-state index contributed by atoms with van der Waals surface area (Å²) < 4.78 is 23.7. The standard InChI is InChI=1S/C22H35N3O3S/c1-18-8-7-11-22(16-18,24(2)3)17-23-21(26)20(19-9-5-4-6-10-19)25-12-14-29(27,28)15-13-25/h4-6,9-10,18,20H,7-8,11-17H2,1-3H3,(H,23,26). The van der Waals surface area contributed by atoms with Gasteiger partial charge in [0.1, 0.15) is 6.04 Å². The molecule has 1 aliphatic carbocycles. The van der Waals surface area contributed by atoms with Gasteiger partial charge in [0.25, 0.3) is 0 Å². The monoisotopic (exact) mass is 421 g/mol. The number of likely N-dealkylation sites (N-methyl/N-ethyl adjacent to an activating group) is 1. The maximum absolute atomic E-state index is 13.4. The van der Waals surface area contributed by atoms with Gasteiger partial charge in [-0.25, -0.2) is 8.42 Å². The first-order valence-electron chi connectivity index (χ1n) is 10.7. The Bertz CT molecular complexity index is 783. The van der Waals surface area contributed by atoms with Crippen molar-refractivity contribution < 1.29 is 13.2 Å². The van der Waals surface area contributed by atoms with Crippen LogP contribution in [-0.2, 0) is 14.6 Å². The molecule has 29 heavy (non-hydrogen) atoms. The summed E-state index contributed by atoms with van der Waals surface area (Å²) in [5.41, 5.74) is 0.903. The summed E-state index contributed by atoms with van der Waals surface area (Å²) in [5, 5.41) is 3.24. The molecule has 3 rings (SSSR count). The van der Waals surface area contributed by atoms with Gasteiger partial charge in [-0.2, -0.15) is 0 Å². The Balaban J connectivity index is 1.76. The molecule has 0 spiro atoms. The fraction of sp³-hybridized carbons (Fsp3) is 0.682. The SMILES string of the molecule is CC1CCCC(CNC(=O)C(c2ccccc2)N2CCS(=O)(=O)CC2)(N(C)C)C1. The van der Waals surface area contributed by atoms with Gasteiger partial charge < -0.3 is 10.2 Å². The number of benzene rings is 1. The molecule has 1 heterocycles. The number of hydrogen-bond donors (Lipinski definition) is 1. The first kappa shape index (κ1) is 22.2. The van der Waals surface area contributed by atoms with Crippen molar-refractivity contribution in [1.82, 2.24) is 15.1 Å². The van der Waals surface area contributed by atoms with E-state index in [4.69, 9.17) is 0 Å². The molecule has 1 saturated carbocycles. The molecule has 0 aromatic heterocycles. The molecule has 1 aromatic rings. The van der Waals surface area contributed by atoms with Crippen molar-refractivity contribution in [3.8, 4) is 0 Å². The zero-order chi connectivity index (χ0) is 21.1. The molecule has 1 N–H and O–H groups in total. The highest BCUT2D eigenvalue weighted by atomic mass is 32.2. The lowest BCUT2D eigenvalue weighted by molar-refractivity contribution is -0.127. The molecule has 0 radical (unpaired) electrons. The highest BCUT2D eigenvalue weighted by Gasteiger charge is 2.39. The van der Waals surface area contributed by atoms with Crippen LogP contribution in [0.4, 0.5) is 0 Å². The van der Waals surface area contributed by atoms with E-state index >= 15 is 0 Å². The molecule has 1 amide bonds. The molecule has 1 aliphatic heterocycles. The van der Waals surface area contributed by atoms with Crippen LogP contribution >= 0.6 is 0 Å². The molecule has 1 aromatic carbocycles. The average molecular weight is 422 g/mol. The fourth-order valence-electron chi connectivity index (χ4n) is 4.85. The minimum Gasteiger partial charge on any atom is -0.353 e. The molecular weight excluding hydrogens is 386 g/mol. The van der Waals surface area contributed by atoms with E-state index in [2.05, 4.69) is 31.2 Å². The summed E-state index contributed by atoms with van der Waals surface area (Å²) >= 11 is 0. The van der Waals surface area contributed by atoms with E-state index in [1.807, 2.05) is 35.2 Å². The Morgan fingerprint density at radius 1 is 1.24 bits per heavy atom. The van der Waals surface area contributed by atoms with E-state index < -0.39 is 15.9 Å². The lowest BCUT2D eigenvalue weighted by Gasteiger charge is -2.45. The number of nitrogens with one attached hydrogen (secondary N) is 1. The summed E-state index contributed by atoms with van der Waals surface area (Å²) in [6.45, 7) is 3.70. The Morgan fingerprint density at radius 2 is 1.90 bits per heavy atom. The lowest BCUT2D eigenvalue weighted by atomic mass is 9.75. The average Bonchev–Trinajstić information content (AvgIpc) is 2.68. The van der Waals surface area contributed by atoms with Crippen molar-refractivity contribution in [2.45, 2.75) is 44.2 Å². The van der Waals surface area contributed by atoms with E-state index in [9.17, 15) is 13.2 Å². The van der Waals surface area contributed by atoms with Crippen LogP contribution in [0.1, 0.15) is 44.2 Å². The largest absolute Gasteiger partial charge is 0.353 e. The molecule has 2 aliphatic rings. The second kappa shape index (κ2) is 9.14. The van der Waals surface area contributed by atoms with Gasteiger partial charge in [0.05, 0.1) is 11.5 Å². The number of amides is 1. The number of carbonyl (C=O) groups excluding carboxylic acids is 1. The molecule has 6 nitrogen and oxygen atoms in total. The predicted molar refractivity (Wildman–Crippen MR) is 116 cm³/mol. The van der Waals surface area contributed by atoms with E-state index in [1.54, 1.807) is 0 Å². The van der Waals surface area contributed by atoms with Gasteiger partial charge in [0.15, 0.2) is 9.84 Å². The minimum atomic E-state index is -2.99. The molecule has 162 valence electrons. The van der Waals surface area contributed by atoms with Gasteiger partial charge in [-0.05, 0) is 38.4 Å². The molecule has 1 saturated heterocycles. The van der Waals surface area contributed by atoms with Gasteiger partial charge >= 0.3 is 0 Å². The molecule has 3 atom stereocenters. The van der Waals surface area contributed by atoms with Gasteiger partial charge in [0, 0.05) is 25.2 Å². The number of nitrogens with zero attached hydrogens (tertiary/aromatic N) is 2. The summed E-state index contributed by atoms with van der Waals surface area (Å²) in [4.78, 5) is 17.7. The van der Waals surface area contributed by atoms with Crippen molar-refractivity contribution in [2.24, 2.45) is 5.92 Å². The maximum atomic E-state index is 13.4. The van der Waals surface area contributed by atoms with Crippen molar-refractivity contribution in [2.75, 3.05) is 45.2 Å². The third kappa shape index (κ3) is 5.38. The molecule has 3 unspecified atom stereocenters. The highest BCUT2D eigenvalue weighted by Crippen LogP contribution is 2.35. The molecule has 7 heteroatoms. The van der Waals surface area contributed by atoms with Crippen LogP contribution in [-0.4, -0.2) is 74.9 Å². The third-order valence-electron chi connectivity index (χ3n) is 6.72. The quantitative estimate of drug-likeness (QED) is 0.762. The Hall–Kier alpha value is -1.44. The molecule has 0 bridgehead atoms. The predicted octanol–water partition coefficient (Wildman–Crippen LogP) is 2.08. The smallest absolute Gasteiger partial charge is 0.242 e. The van der Waals surface area contributed by atoms with Crippen molar-refractivity contribution in [3.05, 3.63) is 35.9 Å². The fourth-order valence-corrected chi connectivity index (χ4v) is 6.08. The zero-order valence-electron chi connectivity index (χ0n) is 17.9. The van der Waals surface area contributed by atoms with Crippen molar-refractivity contribution in [3.63, 3.8) is 0 Å². The molecule has 2 fully saturated rings. The van der Waals surface area contributed by atoms with Crippen LogP contribution in [0.3, 0.4) is 0 Å². The van der Waals surface area contributed by atoms with E-state index in [0.717, 1.165) is 18.4 Å². The van der Waals surface area contributed by atoms with Crippen LogP contribution in [0.2, 0.25) is 0 Å². The van der Waals surface area contributed by atoms with Gasteiger partial charge in [-0.1, -0.05) is 50.1 Å². The van der Waals surface area contributed by atoms with E-state index in [-0.39, 0.29) is 23.0 Å². The summed E-state index contributed by atoms with van der Waals surface area (Å²) in [7, 11) is 1.22. The second-order valence-electron chi connectivity index (χ2n) is 9.04. The van der Waals surface area contributed by atoms with Gasteiger partial charge in [-0.3, -0.25) is 9.69 Å². The number of sulfone groups is 1. The number of carbonyl (C=O) groups is 1. The first-order valence-corrected chi connectivity index (χ1v) is 12.5. The highest BCUT2D eigenvalue weighted by molar-refractivity contribution is 7.91. The molecular formula is C22H35N3O3S. The second-order valence-corrected chi connectivity index (χ2v) is 11.3. The third-order valence-corrected chi connectivity index (χ3v) is 8.32.